The van der Waals surface area contributed by atoms with Gasteiger partial charge in [-0.1, -0.05) is 17.7 Å². The Morgan fingerprint density at radius 1 is 1.32 bits per heavy atom. The van der Waals surface area contributed by atoms with E-state index in [1.807, 2.05) is 32.9 Å². The van der Waals surface area contributed by atoms with Crippen LogP contribution in [0.1, 0.15) is 31.9 Å². The summed E-state index contributed by atoms with van der Waals surface area (Å²) >= 11 is 6.25. The highest BCUT2D eigenvalue weighted by Gasteiger charge is 2.29. The molecule has 0 radical (unpaired) electrons. The summed E-state index contributed by atoms with van der Waals surface area (Å²) in [7, 11) is 1.58. The maximum atomic E-state index is 12.0. The van der Waals surface area contributed by atoms with Gasteiger partial charge in [-0.3, -0.25) is 4.90 Å². The van der Waals surface area contributed by atoms with Crippen LogP contribution in [0.2, 0.25) is 5.02 Å². The third-order valence-electron chi connectivity index (χ3n) is 2.89. The first-order valence-corrected chi connectivity index (χ1v) is 6.52. The molecule has 4 nitrogen and oxygen atoms in total. The minimum atomic E-state index is -0.493. The molecule has 0 spiro atoms. The number of hydrogen-bond donors (Lipinski definition) is 0. The van der Waals surface area contributed by atoms with Crippen LogP contribution in [0, 0.1) is 0 Å². The first-order valence-electron chi connectivity index (χ1n) is 6.14. The lowest BCUT2D eigenvalue weighted by atomic mass is 10.1. The van der Waals surface area contributed by atoms with Crippen LogP contribution in [-0.2, 0) is 17.8 Å². The van der Waals surface area contributed by atoms with Crippen molar-refractivity contribution in [2.24, 2.45) is 0 Å². The first-order chi connectivity index (χ1) is 8.81. The number of rotatable bonds is 1. The van der Waals surface area contributed by atoms with Crippen LogP contribution in [-0.4, -0.2) is 23.7 Å². The third kappa shape index (κ3) is 2.95. The fourth-order valence-corrected chi connectivity index (χ4v) is 2.35. The van der Waals surface area contributed by atoms with Crippen LogP contribution >= 0.6 is 11.6 Å². The molecule has 5 heteroatoms. The molecule has 2 rings (SSSR count). The Kier molecular flexibility index (Phi) is 3.63. The molecule has 0 aromatic heterocycles. The number of benzene rings is 1. The highest BCUT2D eigenvalue weighted by atomic mass is 35.5. The number of ether oxygens (including phenoxy) is 2. The van der Waals surface area contributed by atoms with E-state index in [-0.39, 0.29) is 6.09 Å². The minimum Gasteiger partial charge on any atom is -0.495 e. The maximum Gasteiger partial charge on any atom is 0.410 e. The molecule has 0 unspecified atom stereocenters. The van der Waals surface area contributed by atoms with Gasteiger partial charge in [0.15, 0.2) is 0 Å². The van der Waals surface area contributed by atoms with Gasteiger partial charge in [0.25, 0.3) is 0 Å². The molecule has 0 aliphatic carbocycles. The van der Waals surface area contributed by atoms with Crippen molar-refractivity contribution in [3.05, 3.63) is 28.3 Å². The summed E-state index contributed by atoms with van der Waals surface area (Å²) in [6, 6.07) is 3.75. The summed E-state index contributed by atoms with van der Waals surface area (Å²) in [5, 5.41) is 0.575. The number of halogens is 1. The van der Waals surface area contributed by atoms with Gasteiger partial charge in [0.1, 0.15) is 11.4 Å². The van der Waals surface area contributed by atoms with Crippen LogP contribution < -0.4 is 4.74 Å². The number of methoxy groups -OCH3 is 1. The first kappa shape index (κ1) is 14.0. The SMILES string of the molecule is COc1ccc2c(c1Cl)CN(C(=O)OC(C)(C)C)C2. The number of nitrogens with zero attached hydrogens (tertiary/aromatic N) is 1. The predicted molar refractivity (Wildman–Crippen MR) is 73.5 cm³/mol. The van der Waals surface area contributed by atoms with Crippen molar-refractivity contribution in [3.8, 4) is 5.75 Å². The second-order valence-electron chi connectivity index (χ2n) is 5.56. The molecule has 0 fully saturated rings. The lowest BCUT2D eigenvalue weighted by Gasteiger charge is -2.24. The molecule has 0 atom stereocenters. The number of hydrogen-bond acceptors (Lipinski definition) is 3. The molecule has 1 aromatic rings. The highest BCUT2D eigenvalue weighted by Crippen LogP contribution is 2.36. The van der Waals surface area contributed by atoms with Gasteiger partial charge in [0, 0.05) is 6.54 Å². The van der Waals surface area contributed by atoms with Crippen LogP contribution in [0.3, 0.4) is 0 Å². The summed E-state index contributed by atoms with van der Waals surface area (Å²) < 4.78 is 10.5. The van der Waals surface area contributed by atoms with Crippen LogP contribution in [0.25, 0.3) is 0 Å². The van der Waals surface area contributed by atoms with Crippen molar-refractivity contribution in [3.63, 3.8) is 0 Å². The van der Waals surface area contributed by atoms with Crippen molar-refractivity contribution in [2.75, 3.05) is 7.11 Å². The number of amides is 1. The Labute approximate surface area is 118 Å². The van der Waals surface area contributed by atoms with Crippen molar-refractivity contribution < 1.29 is 14.3 Å². The Balaban J connectivity index is 2.17. The topological polar surface area (TPSA) is 38.8 Å². The largest absolute Gasteiger partial charge is 0.495 e. The van der Waals surface area contributed by atoms with Gasteiger partial charge in [0.05, 0.1) is 18.7 Å². The van der Waals surface area contributed by atoms with Gasteiger partial charge in [-0.05, 0) is 38.0 Å². The van der Waals surface area contributed by atoms with Crippen molar-refractivity contribution in [2.45, 2.75) is 39.5 Å². The molecular formula is C14H18ClNO3. The van der Waals surface area contributed by atoms with Gasteiger partial charge < -0.3 is 9.47 Å². The highest BCUT2D eigenvalue weighted by molar-refractivity contribution is 6.33. The van der Waals surface area contributed by atoms with E-state index >= 15 is 0 Å². The van der Waals surface area contributed by atoms with E-state index in [9.17, 15) is 4.79 Å². The van der Waals surface area contributed by atoms with E-state index in [4.69, 9.17) is 21.1 Å². The van der Waals surface area contributed by atoms with Gasteiger partial charge in [-0.25, -0.2) is 4.79 Å². The van der Waals surface area contributed by atoms with Gasteiger partial charge in [-0.15, -0.1) is 0 Å². The van der Waals surface area contributed by atoms with Crippen LogP contribution in [0.15, 0.2) is 12.1 Å². The number of carbonyl (C=O) groups is 1. The lowest BCUT2D eigenvalue weighted by Crippen LogP contribution is -2.33. The smallest absolute Gasteiger partial charge is 0.410 e. The lowest BCUT2D eigenvalue weighted by molar-refractivity contribution is 0.0242. The summed E-state index contributed by atoms with van der Waals surface area (Å²) in [4.78, 5) is 13.7. The van der Waals surface area contributed by atoms with Crippen LogP contribution in [0.5, 0.6) is 5.75 Å². The summed E-state index contributed by atoms with van der Waals surface area (Å²) in [6.07, 6.45) is -0.321. The fraction of sp³-hybridized carbons (Fsp3) is 0.500. The molecule has 1 heterocycles. The summed E-state index contributed by atoms with van der Waals surface area (Å²) in [5.41, 5.74) is 1.48. The molecule has 104 valence electrons. The zero-order valence-electron chi connectivity index (χ0n) is 11.6. The Morgan fingerprint density at radius 2 is 2.00 bits per heavy atom. The molecule has 0 saturated heterocycles. The maximum absolute atomic E-state index is 12.0. The van der Waals surface area contributed by atoms with Gasteiger partial charge in [-0.2, -0.15) is 0 Å². The number of carbonyl (C=O) groups excluding carboxylic acids is 1. The monoisotopic (exact) mass is 283 g/mol. The van der Waals surface area contributed by atoms with Crippen molar-refractivity contribution >= 4 is 17.7 Å². The normalized spacial score (nSPS) is 14.3. The Morgan fingerprint density at radius 3 is 2.58 bits per heavy atom. The van der Waals surface area contributed by atoms with Crippen LogP contribution in [0.4, 0.5) is 4.79 Å². The predicted octanol–water partition coefficient (Wildman–Crippen LogP) is 3.60. The zero-order chi connectivity index (χ0) is 14.2. The van der Waals surface area contributed by atoms with Crippen molar-refractivity contribution in [1.29, 1.82) is 0 Å². The second kappa shape index (κ2) is 4.93. The van der Waals surface area contributed by atoms with E-state index in [2.05, 4.69) is 0 Å². The molecule has 1 aliphatic heterocycles. The molecule has 1 amide bonds. The standard InChI is InChI=1S/C14H18ClNO3/c1-14(2,3)19-13(17)16-7-9-5-6-11(18-4)12(15)10(9)8-16/h5-6H,7-8H2,1-4H3. The second-order valence-corrected chi connectivity index (χ2v) is 5.93. The summed E-state index contributed by atoms with van der Waals surface area (Å²) in [5.74, 6) is 0.631. The number of fused-ring (bicyclic) bond motifs is 1. The fourth-order valence-electron chi connectivity index (χ4n) is 2.02. The van der Waals surface area contributed by atoms with E-state index in [1.165, 1.54) is 0 Å². The Bertz CT molecular complexity index is 508. The third-order valence-corrected chi connectivity index (χ3v) is 3.30. The van der Waals surface area contributed by atoms with Gasteiger partial charge in [0.2, 0.25) is 0 Å². The average Bonchev–Trinajstić information content (AvgIpc) is 2.72. The molecule has 0 saturated carbocycles. The van der Waals surface area contributed by atoms with E-state index in [1.54, 1.807) is 12.0 Å². The van der Waals surface area contributed by atoms with E-state index in [0.717, 1.165) is 11.1 Å². The van der Waals surface area contributed by atoms with E-state index in [0.29, 0.717) is 23.9 Å². The molecule has 19 heavy (non-hydrogen) atoms. The molecule has 0 bridgehead atoms. The molecule has 1 aliphatic rings. The molecule has 1 aromatic carbocycles. The van der Waals surface area contributed by atoms with Gasteiger partial charge >= 0.3 is 6.09 Å². The molecule has 0 N–H and O–H groups in total. The average molecular weight is 284 g/mol. The molecular weight excluding hydrogens is 266 g/mol. The minimum absolute atomic E-state index is 0.321. The summed E-state index contributed by atoms with van der Waals surface area (Å²) in [6.45, 7) is 6.53. The Hall–Kier alpha value is -1.42. The van der Waals surface area contributed by atoms with E-state index < -0.39 is 5.60 Å². The quantitative estimate of drug-likeness (QED) is 0.790. The zero-order valence-corrected chi connectivity index (χ0v) is 12.4. The van der Waals surface area contributed by atoms with Crippen molar-refractivity contribution in [1.82, 2.24) is 4.90 Å².